The van der Waals surface area contributed by atoms with Crippen LogP contribution in [0.5, 0.6) is 0 Å². The third kappa shape index (κ3) is 4.09. The van der Waals surface area contributed by atoms with Crippen molar-refractivity contribution in [3.63, 3.8) is 0 Å². The minimum Gasteiger partial charge on any atom is -0.375 e. The topological polar surface area (TPSA) is 68.0 Å². The number of aryl methyl sites for hydroxylation is 1. The van der Waals surface area contributed by atoms with Gasteiger partial charge in [0.15, 0.2) is 5.13 Å². The SMILES string of the molecule is CNC(=O)CCCSc1sc(N)nc1C. The second-order valence-electron chi connectivity index (χ2n) is 3.05. The maximum atomic E-state index is 10.9. The number of carbonyl (C=O) groups is 1. The summed E-state index contributed by atoms with van der Waals surface area (Å²) in [5.41, 5.74) is 6.57. The van der Waals surface area contributed by atoms with E-state index in [4.69, 9.17) is 5.73 Å². The van der Waals surface area contributed by atoms with Crippen molar-refractivity contribution in [2.24, 2.45) is 0 Å². The van der Waals surface area contributed by atoms with Gasteiger partial charge < -0.3 is 11.1 Å². The Morgan fingerprint density at radius 1 is 1.67 bits per heavy atom. The standard InChI is InChI=1S/C9H15N3OS2/c1-6-8(15-9(10)12-6)14-5-3-4-7(13)11-2/h3-5H2,1-2H3,(H2,10,12)(H,11,13). The number of nitrogens with two attached hydrogens (primary N) is 1. The Morgan fingerprint density at radius 3 is 2.93 bits per heavy atom. The van der Waals surface area contributed by atoms with Crippen LogP contribution in [0.1, 0.15) is 18.5 Å². The number of hydrogen-bond acceptors (Lipinski definition) is 5. The fourth-order valence-electron chi connectivity index (χ4n) is 1.06. The third-order valence-corrected chi connectivity index (χ3v) is 4.27. The highest BCUT2D eigenvalue weighted by atomic mass is 32.2. The van der Waals surface area contributed by atoms with Gasteiger partial charge in [0.1, 0.15) is 0 Å². The van der Waals surface area contributed by atoms with Crippen molar-refractivity contribution in [3.05, 3.63) is 5.69 Å². The molecule has 0 unspecified atom stereocenters. The van der Waals surface area contributed by atoms with Crippen LogP contribution in [0, 0.1) is 6.92 Å². The normalized spacial score (nSPS) is 10.3. The van der Waals surface area contributed by atoms with E-state index in [1.54, 1.807) is 18.8 Å². The molecular weight excluding hydrogens is 230 g/mol. The zero-order chi connectivity index (χ0) is 11.3. The van der Waals surface area contributed by atoms with E-state index in [1.165, 1.54) is 11.3 Å². The van der Waals surface area contributed by atoms with Crippen molar-refractivity contribution in [1.29, 1.82) is 0 Å². The van der Waals surface area contributed by atoms with Crippen molar-refractivity contribution in [1.82, 2.24) is 10.3 Å². The molecule has 0 bridgehead atoms. The summed E-state index contributed by atoms with van der Waals surface area (Å²) in [7, 11) is 1.66. The number of carbonyl (C=O) groups excluding carboxylic acids is 1. The van der Waals surface area contributed by atoms with Gasteiger partial charge in [0, 0.05) is 13.5 Å². The van der Waals surface area contributed by atoms with Gasteiger partial charge in [-0.1, -0.05) is 11.3 Å². The molecule has 6 heteroatoms. The van der Waals surface area contributed by atoms with Gasteiger partial charge in [0.2, 0.25) is 5.91 Å². The zero-order valence-corrected chi connectivity index (χ0v) is 10.5. The molecule has 84 valence electrons. The molecule has 0 spiro atoms. The van der Waals surface area contributed by atoms with E-state index in [0.29, 0.717) is 11.6 Å². The lowest BCUT2D eigenvalue weighted by Crippen LogP contribution is -2.17. The number of rotatable bonds is 5. The van der Waals surface area contributed by atoms with E-state index in [1.807, 2.05) is 6.92 Å². The largest absolute Gasteiger partial charge is 0.375 e. The van der Waals surface area contributed by atoms with Gasteiger partial charge in [-0.15, -0.1) is 11.8 Å². The first kappa shape index (κ1) is 12.3. The molecule has 1 rings (SSSR count). The minimum absolute atomic E-state index is 0.0936. The second-order valence-corrected chi connectivity index (χ2v) is 5.44. The van der Waals surface area contributed by atoms with Crippen LogP contribution in [0.25, 0.3) is 0 Å². The number of anilines is 1. The van der Waals surface area contributed by atoms with Crippen LogP contribution in [0.3, 0.4) is 0 Å². The Bertz CT molecular complexity index is 338. The summed E-state index contributed by atoms with van der Waals surface area (Å²) in [6.07, 6.45) is 1.46. The third-order valence-electron chi connectivity index (χ3n) is 1.83. The fraction of sp³-hybridized carbons (Fsp3) is 0.556. The number of amides is 1. The first-order valence-corrected chi connectivity index (χ1v) is 6.50. The molecule has 1 amide bonds. The molecule has 1 aromatic heterocycles. The zero-order valence-electron chi connectivity index (χ0n) is 8.87. The van der Waals surface area contributed by atoms with Crippen molar-refractivity contribution in [3.8, 4) is 0 Å². The van der Waals surface area contributed by atoms with E-state index >= 15 is 0 Å². The van der Waals surface area contributed by atoms with Gasteiger partial charge in [-0.2, -0.15) is 0 Å². The highest BCUT2D eigenvalue weighted by molar-refractivity contribution is 8.01. The summed E-state index contributed by atoms with van der Waals surface area (Å²) in [4.78, 5) is 15.1. The Morgan fingerprint density at radius 2 is 2.40 bits per heavy atom. The minimum atomic E-state index is 0.0936. The smallest absolute Gasteiger partial charge is 0.219 e. The number of nitrogen functional groups attached to an aromatic ring is 1. The van der Waals surface area contributed by atoms with E-state index in [0.717, 1.165) is 22.1 Å². The van der Waals surface area contributed by atoms with Crippen molar-refractivity contribution in [2.75, 3.05) is 18.5 Å². The number of aromatic nitrogens is 1. The molecule has 15 heavy (non-hydrogen) atoms. The van der Waals surface area contributed by atoms with Crippen LogP contribution in [-0.2, 0) is 4.79 Å². The van der Waals surface area contributed by atoms with Gasteiger partial charge >= 0.3 is 0 Å². The maximum absolute atomic E-state index is 10.9. The molecule has 4 nitrogen and oxygen atoms in total. The molecule has 0 aromatic carbocycles. The molecule has 0 aliphatic rings. The van der Waals surface area contributed by atoms with Crippen LogP contribution in [-0.4, -0.2) is 23.7 Å². The van der Waals surface area contributed by atoms with Gasteiger partial charge in [-0.05, 0) is 19.1 Å². The van der Waals surface area contributed by atoms with Gasteiger partial charge in [0.05, 0.1) is 9.90 Å². The summed E-state index contributed by atoms with van der Waals surface area (Å²) >= 11 is 3.22. The number of thioether (sulfide) groups is 1. The Hall–Kier alpha value is -0.750. The lowest BCUT2D eigenvalue weighted by atomic mass is 10.3. The number of nitrogens with zero attached hydrogens (tertiary/aromatic N) is 1. The van der Waals surface area contributed by atoms with Crippen LogP contribution in [0.4, 0.5) is 5.13 Å². The lowest BCUT2D eigenvalue weighted by Gasteiger charge is -1.99. The molecule has 0 fully saturated rings. The molecule has 3 N–H and O–H groups in total. The highest BCUT2D eigenvalue weighted by Gasteiger charge is 2.05. The van der Waals surface area contributed by atoms with E-state index in [-0.39, 0.29) is 5.91 Å². The Kier molecular flexibility index (Phi) is 4.90. The molecule has 1 aromatic rings. The average Bonchev–Trinajstić information content (AvgIpc) is 2.52. The fourth-order valence-corrected chi connectivity index (χ4v) is 3.10. The van der Waals surface area contributed by atoms with Crippen molar-refractivity contribution >= 4 is 34.1 Å². The molecule has 1 heterocycles. The molecule has 0 saturated heterocycles. The number of hydrogen-bond donors (Lipinski definition) is 2. The lowest BCUT2D eigenvalue weighted by molar-refractivity contribution is -0.120. The van der Waals surface area contributed by atoms with Crippen LogP contribution < -0.4 is 11.1 Å². The van der Waals surface area contributed by atoms with Crippen LogP contribution in [0.15, 0.2) is 4.21 Å². The molecule has 0 saturated carbocycles. The van der Waals surface area contributed by atoms with Gasteiger partial charge in [-0.3, -0.25) is 4.79 Å². The molecular formula is C9H15N3OS2. The summed E-state index contributed by atoms with van der Waals surface area (Å²) in [5, 5.41) is 3.21. The summed E-state index contributed by atoms with van der Waals surface area (Å²) < 4.78 is 1.16. The summed E-state index contributed by atoms with van der Waals surface area (Å²) in [6.45, 7) is 1.95. The van der Waals surface area contributed by atoms with E-state index < -0.39 is 0 Å². The Labute approximate surface area is 97.7 Å². The van der Waals surface area contributed by atoms with E-state index in [2.05, 4.69) is 10.3 Å². The number of thiazole rings is 1. The predicted molar refractivity (Wildman–Crippen MR) is 65.3 cm³/mol. The van der Waals surface area contributed by atoms with E-state index in [9.17, 15) is 4.79 Å². The molecule has 0 aliphatic heterocycles. The van der Waals surface area contributed by atoms with Crippen molar-refractivity contribution in [2.45, 2.75) is 24.0 Å². The number of nitrogens with one attached hydrogen (secondary N) is 1. The first-order valence-electron chi connectivity index (χ1n) is 4.69. The molecule has 0 atom stereocenters. The van der Waals surface area contributed by atoms with Gasteiger partial charge in [-0.25, -0.2) is 4.98 Å². The average molecular weight is 245 g/mol. The first-order chi connectivity index (χ1) is 7.13. The van der Waals surface area contributed by atoms with Crippen LogP contribution >= 0.6 is 23.1 Å². The summed E-state index contributed by atoms with van der Waals surface area (Å²) in [5.74, 6) is 1.02. The summed E-state index contributed by atoms with van der Waals surface area (Å²) in [6, 6.07) is 0. The quantitative estimate of drug-likeness (QED) is 0.611. The van der Waals surface area contributed by atoms with Gasteiger partial charge in [0.25, 0.3) is 0 Å². The van der Waals surface area contributed by atoms with Crippen molar-refractivity contribution < 1.29 is 4.79 Å². The maximum Gasteiger partial charge on any atom is 0.219 e. The molecule has 0 aliphatic carbocycles. The predicted octanol–water partition coefficient (Wildman–Crippen LogP) is 1.65. The molecule has 0 radical (unpaired) electrons. The van der Waals surface area contributed by atoms with Crippen LogP contribution in [0.2, 0.25) is 0 Å². The Balaban J connectivity index is 2.26. The monoisotopic (exact) mass is 245 g/mol. The second kappa shape index (κ2) is 5.97. The highest BCUT2D eigenvalue weighted by Crippen LogP contribution is 2.30.